The van der Waals surface area contributed by atoms with Gasteiger partial charge in [-0.1, -0.05) is 47.5 Å². The highest BCUT2D eigenvalue weighted by atomic mass is 35.5. The fourth-order valence-electron chi connectivity index (χ4n) is 4.59. The number of amides is 2. The van der Waals surface area contributed by atoms with Crippen LogP contribution in [0, 0.1) is 13.8 Å². The van der Waals surface area contributed by atoms with E-state index in [-0.39, 0.29) is 17.2 Å². The Bertz CT molecular complexity index is 1580. The van der Waals surface area contributed by atoms with E-state index in [1.807, 2.05) is 26.0 Å². The number of carbonyl (C=O) groups excluding carboxylic acids is 2. The van der Waals surface area contributed by atoms with E-state index in [1.165, 1.54) is 33.5 Å². The van der Waals surface area contributed by atoms with Gasteiger partial charge in [0.25, 0.3) is 5.56 Å². The number of hydrogen-bond donors (Lipinski definition) is 1. The molecule has 0 saturated heterocycles. The Labute approximate surface area is 247 Å². The van der Waals surface area contributed by atoms with E-state index in [0.29, 0.717) is 15.9 Å². The molecule has 1 aliphatic rings. The van der Waals surface area contributed by atoms with Crippen LogP contribution in [0.2, 0.25) is 5.02 Å². The minimum absolute atomic E-state index is 0.0398. The van der Waals surface area contributed by atoms with Gasteiger partial charge in [0, 0.05) is 29.7 Å². The van der Waals surface area contributed by atoms with Crippen molar-refractivity contribution in [3.05, 3.63) is 79.4 Å². The number of rotatable bonds is 6. The molecule has 0 saturated carbocycles. The normalized spacial score (nSPS) is 12.6. The first kappa shape index (κ1) is 29.8. The van der Waals surface area contributed by atoms with Crippen LogP contribution < -0.4 is 10.9 Å². The van der Waals surface area contributed by atoms with Crippen LogP contribution in [0.1, 0.15) is 40.8 Å². The van der Waals surface area contributed by atoms with Crippen molar-refractivity contribution in [2.75, 3.05) is 25.2 Å². The molecule has 0 atom stereocenters. The summed E-state index contributed by atoms with van der Waals surface area (Å²) in [5.41, 5.74) is 4.76. The van der Waals surface area contributed by atoms with Gasteiger partial charge in [-0.25, -0.2) is 4.98 Å². The molecule has 1 N–H and O–H groups in total. The van der Waals surface area contributed by atoms with E-state index in [1.54, 1.807) is 54.3 Å². The lowest BCUT2D eigenvalue weighted by Crippen LogP contribution is -2.23. The summed E-state index contributed by atoms with van der Waals surface area (Å²) < 4.78 is 1.70. The molecule has 0 spiro atoms. The van der Waals surface area contributed by atoms with Crippen LogP contribution in [0.25, 0.3) is 15.9 Å². The molecule has 4 aromatic rings. The Balaban J connectivity index is 0.000000681. The quantitative estimate of drug-likeness (QED) is 0.120. The molecule has 10 heteroatoms. The van der Waals surface area contributed by atoms with Crippen molar-refractivity contribution in [2.24, 2.45) is 0 Å². The van der Waals surface area contributed by atoms with Crippen LogP contribution in [-0.4, -0.2) is 46.6 Å². The van der Waals surface area contributed by atoms with E-state index < -0.39 is 0 Å². The third-order valence-corrected chi connectivity index (χ3v) is 8.85. The number of thiophene rings is 1. The molecule has 2 amide bonds. The second kappa shape index (κ2) is 13.5. The van der Waals surface area contributed by atoms with Crippen LogP contribution in [0.15, 0.2) is 52.4 Å². The first-order valence-corrected chi connectivity index (χ1v) is 15.3. The molecule has 2 aromatic carbocycles. The van der Waals surface area contributed by atoms with Gasteiger partial charge in [0.15, 0.2) is 5.16 Å². The predicted octanol–water partition coefficient (Wildman–Crippen LogP) is 6.42. The van der Waals surface area contributed by atoms with Crippen LogP contribution in [0.5, 0.6) is 0 Å². The van der Waals surface area contributed by atoms with Crippen LogP contribution >= 0.6 is 34.7 Å². The van der Waals surface area contributed by atoms with Gasteiger partial charge in [-0.2, -0.15) is 0 Å². The molecule has 5 rings (SSSR count). The van der Waals surface area contributed by atoms with Gasteiger partial charge in [0.1, 0.15) is 4.83 Å². The summed E-state index contributed by atoms with van der Waals surface area (Å²) in [5.74, 6) is -0.0304. The standard InChI is InChI=1S/C27H26ClN3O2S2.C3H7NO/c1-16-8-13-21(17(2)14-16)31-26(33)24-20-6-4-3-5-7-22(20)35-25(24)30-27(31)34-15-23(32)29-19-11-9-18(28)10-12-19;1-4(2)3-5/h8-14H,3-7,15H2,1-2H3,(H,29,32);3H,1-2H3. The SMILES string of the molecule is CN(C)C=O.Cc1ccc(-n2c(SCC(=O)Nc3ccc(Cl)cc3)nc3sc4c(c3c2=O)CCCCC4)c(C)c1. The zero-order chi connectivity index (χ0) is 28.8. The maximum absolute atomic E-state index is 14.0. The van der Waals surface area contributed by atoms with Crippen molar-refractivity contribution < 1.29 is 9.59 Å². The largest absolute Gasteiger partial charge is 0.351 e. The highest BCUT2D eigenvalue weighted by Gasteiger charge is 2.23. The molecule has 1 aliphatic carbocycles. The van der Waals surface area contributed by atoms with Crippen LogP contribution in [0.3, 0.4) is 0 Å². The average molecular weight is 597 g/mol. The highest BCUT2D eigenvalue weighted by molar-refractivity contribution is 7.99. The maximum atomic E-state index is 14.0. The smallest absolute Gasteiger partial charge is 0.267 e. The van der Waals surface area contributed by atoms with Gasteiger partial charge in [0.2, 0.25) is 12.3 Å². The summed E-state index contributed by atoms with van der Waals surface area (Å²) in [4.78, 5) is 44.6. The molecule has 210 valence electrons. The second-order valence-corrected chi connectivity index (χ2v) is 12.4. The third-order valence-electron chi connectivity index (χ3n) is 6.47. The lowest BCUT2D eigenvalue weighted by atomic mass is 10.1. The number of aryl methyl sites for hydroxylation is 4. The topological polar surface area (TPSA) is 84.3 Å². The van der Waals surface area contributed by atoms with Crippen molar-refractivity contribution in [3.63, 3.8) is 0 Å². The van der Waals surface area contributed by atoms with E-state index in [9.17, 15) is 14.4 Å². The van der Waals surface area contributed by atoms with Crippen molar-refractivity contribution in [2.45, 2.75) is 51.1 Å². The number of nitrogens with zero attached hydrogens (tertiary/aromatic N) is 3. The number of benzene rings is 2. The summed E-state index contributed by atoms with van der Waals surface area (Å²) in [6, 6.07) is 13.1. The van der Waals surface area contributed by atoms with Crippen LogP contribution in [0.4, 0.5) is 5.69 Å². The minimum atomic E-state index is -0.166. The van der Waals surface area contributed by atoms with E-state index in [0.717, 1.165) is 59.1 Å². The van der Waals surface area contributed by atoms with Crippen LogP contribution in [-0.2, 0) is 22.4 Å². The number of halogens is 1. The number of fused-ring (bicyclic) bond motifs is 3. The van der Waals surface area contributed by atoms with Gasteiger partial charge in [-0.05, 0) is 81.0 Å². The summed E-state index contributed by atoms with van der Waals surface area (Å²) in [6.45, 7) is 4.05. The Kier molecular flexibility index (Phi) is 10.1. The summed E-state index contributed by atoms with van der Waals surface area (Å²) >= 11 is 8.86. The van der Waals surface area contributed by atoms with E-state index >= 15 is 0 Å². The van der Waals surface area contributed by atoms with Crippen molar-refractivity contribution >= 4 is 62.9 Å². The fraction of sp³-hybridized carbons (Fsp3) is 0.333. The zero-order valence-electron chi connectivity index (χ0n) is 23.1. The summed E-state index contributed by atoms with van der Waals surface area (Å²) in [6.07, 6.45) is 6.12. The number of hydrogen-bond acceptors (Lipinski definition) is 6. The molecule has 0 fully saturated rings. The van der Waals surface area contributed by atoms with Crippen molar-refractivity contribution in [1.82, 2.24) is 14.5 Å². The van der Waals surface area contributed by atoms with Gasteiger partial charge < -0.3 is 10.2 Å². The zero-order valence-corrected chi connectivity index (χ0v) is 25.5. The molecule has 0 unspecified atom stereocenters. The first-order chi connectivity index (χ1) is 19.2. The van der Waals surface area contributed by atoms with Crippen molar-refractivity contribution in [3.8, 4) is 5.69 Å². The molecular formula is C30H33ClN4O3S2. The Morgan fingerprint density at radius 2 is 1.82 bits per heavy atom. The number of thioether (sulfide) groups is 1. The monoisotopic (exact) mass is 596 g/mol. The van der Waals surface area contributed by atoms with Gasteiger partial charge in [-0.15, -0.1) is 11.3 Å². The molecule has 7 nitrogen and oxygen atoms in total. The molecule has 0 aliphatic heterocycles. The summed E-state index contributed by atoms with van der Waals surface area (Å²) in [5, 5.41) is 4.79. The maximum Gasteiger partial charge on any atom is 0.267 e. The lowest BCUT2D eigenvalue weighted by molar-refractivity contribution is -0.116. The van der Waals surface area contributed by atoms with Gasteiger partial charge >= 0.3 is 0 Å². The minimum Gasteiger partial charge on any atom is -0.351 e. The average Bonchev–Trinajstić information content (AvgIpc) is 3.11. The third kappa shape index (κ3) is 7.13. The number of anilines is 1. The fourth-order valence-corrected chi connectivity index (χ4v) is 6.82. The lowest BCUT2D eigenvalue weighted by Gasteiger charge is -2.15. The first-order valence-electron chi connectivity index (χ1n) is 13.1. The molecule has 2 aromatic heterocycles. The predicted molar refractivity (Wildman–Crippen MR) is 167 cm³/mol. The van der Waals surface area contributed by atoms with E-state index in [2.05, 4.69) is 11.4 Å². The van der Waals surface area contributed by atoms with Gasteiger partial charge in [-0.3, -0.25) is 19.0 Å². The molecule has 0 radical (unpaired) electrons. The Morgan fingerprint density at radius 1 is 1.12 bits per heavy atom. The number of aromatic nitrogens is 2. The Morgan fingerprint density at radius 3 is 2.50 bits per heavy atom. The highest BCUT2D eigenvalue weighted by Crippen LogP contribution is 2.35. The second-order valence-electron chi connectivity index (χ2n) is 9.98. The van der Waals surface area contributed by atoms with Crippen molar-refractivity contribution in [1.29, 1.82) is 0 Å². The van der Waals surface area contributed by atoms with Gasteiger partial charge in [0.05, 0.1) is 16.8 Å². The number of nitrogens with one attached hydrogen (secondary N) is 1. The van der Waals surface area contributed by atoms with E-state index in [4.69, 9.17) is 16.6 Å². The Hall–Kier alpha value is -3.14. The molecule has 2 heterocycles. The molecule has 40 heavy (non-hydrogen) atoms. The summed E-state index contributed by atoms with van der Waals surface area (Å²) in [7, 11) is 3.38. The molecule has 0 bridgehead atoms. The molecular weight excluding hydrogens is 564 g/mol. The number of carbonyl (C=O) groups is 2.